The highest BCUT2D eigenvalue weighted by molar-refractivity contribution is 6.07. The van der Waals surface area contributed by atoms with Gasteiger partial charge >= 0.3 is 0 Å². The Bertz CT molecular complexity index is 770. The average Bonchev–Trinajstić information content (AvgIpc) is 2.57. The van der Waals surface area contributed by atoms with E-state index in [1.807, 2.05) is 19.1 Å². The first-order chi connectivity index (χ1) is 11.0. The second-order valence-electron chi connectivity index (χ2n) is 5.94. The van der Waals surface area contributed by atoms with Crippen LogP contribution in [0.2, 0.25) is 0 Å². The molecule has 0 saturated heterocycles. The van der Waals surface area contributed by atoms with E-state index in [4.69, 9.17) is 4.74 Å². The first kappa shape index (κ1) is 15.5. The lowest BCUT2D eigenvalue weighted by molar-refractivity contribution is 0.0984. The van der Waals surface area contributed by atoms with Crippen LogP contribution in [0.3, 0.4) is 0 Å². The van der Waals surface area contributed by atoms with Gasteiger partial charge in [-0.3, -0.25) is 4.79 Å². The molecule has 4 heteroatoms. The van der Waals surface area contributed by atoms with Crippen LogP contribution in [0.1, 0.15) is 33.5 Å². The maximum Gasteiger partial charge on any atom is 0.258 e. The smallest absolute Gasteiger partial charge is 0.258 e. The van der Waals surface area contributed by atoms with Gasteiger partial charge in [0.1, 0.15) is 11.6 Å². The van der Waals surface area contributed by atoms with Crippen LogP contribution in [0.4, 0.5) is 10.1 Å². The second-order valence-corrected chi connectivity index (χ2v) is 5.94. The molecule has 120 valence electrons. The van der Waals surface area contributed by atoms with E-state index >= 15 is 0 Å². The van der Waals surface area contributed by atoms with Crippen LogP contribution in [0, 0.1) is 19.7 Å². The number of fused-ring (bicyclic) bond motifs is 1. The lowest BCUT2D eigenvalue weighted by Gasteiger charge is -2.32. The van der Waals surface area contributed by atoms with Gasteiger partial charge in [0.05, 0.1) is 12.8 Å². The third-order valence-electron chi connectivity index (χ3n) is 4.44. The largest absolute Gasteiger partial charge is 0.495 e. The van der Waals surface area contributed by atoms with Gasteiger partial charge in [0, 0.05) is 12.1 Å². The fraction of sp³-hybridized carbons (Fsp3) is 0.316. The molecule has 0 bridgehead atoms. The highest BCUT2D eigenvalue weighted by atomic mass is 19.1. The molecular weight excluding hydrogens is 293 g/mol. The Morgan fingerprint density at radius 2 is 1.91 bits per heavy atom. The predicted octanol–water partition coefficient (Wildman–Crippen LogP) is 4.04. The summed E-state index contributed by atoms with van der Waals surface area (Å²) < 4.78 is 19.3. The van der Waals surface area contributed by atoms with Gasteiger partial charge in [-0.25, -0.2) is 4.39 Å². The average molecular weight is 313 g/mol. The van der Waals surface area contributed by atoms with E-state index in [0.717, 1.165) is 29.7 Å². The molecule has 0 radical (unpaired) electrons. The summed E-state index contributed by atoms with van der Waals surface area (Å²) in [5.41, 5.74) is 4.01. The molecule has 0 aromatic heterocycles. The van der Waals surface area contributed by atoms with Crippen molar-refractivity contribution in [2.75, 3.05) is 18.6 Å². The van der Waals surface area contributed by atoms with Crippen LogP contribution < -0.4 is 9.64 Å². The first-order valence-electron chi connectivity index (χ1n) is 7.77. The molecule has 0 atom stereocenters. The van der Waals surface area contributed by atoms with Gasteiger partial charge < -0.3 is 9.64 Å². The van der Waals surface area contributed by atoms with E-state index < -0.39 is 0 Å². The first-order valence-corrected chi connectivity index (χ1v) is 7.77. The zero-order chi connectivity index (χ0) is 16.6. The molecule has 0 saturated carbocycles. The van der Waals surface area contributed by atoms with Crippen molar-refractivity contribution in [1.82, 2.24) is 0 Å². The fourth-order valence-electron chi connectivity index (χ4n) is 3.10. The monoisotopic (exact) mass is 313 g/mol. The van der Waals surface area contributed by atoms with Gasteiger partial charge in [0.15, 0.2) is 0 Å². The van der Waals surface area contributed by atoms with E-state index in [-0.39, 0.29) is 11.7 Å². The summed E-state index contributed by atoms with van der Waals surface area (Å²) in [6.07, 6.45) is 1.81. The van der Waals surface area contributed by atoms with Crippen LogP contribution in [0.15, 0.2) is 30.3 Å². The van der Waals surface area contributed by atoms with E-state index in [2.05, 4.69) is 0 Å². The lowest BCUT2D eigenvalue weighted by Crippen LogP contribution is -2.36. The van der Waals surface area contributed by atoms with E-state index in [9.17, 15) is 9.18 Å². The van der Waals surface area contributed by atoms with Crippen molar-refractivity contribution in [3.63, 3.8) is 0 Å². The van der Waals surface area contributed by atoms with Crippen molar-refractivity contribution in [2.45, 2.75) is 26.7 Å². The van der Waals surface area contributed by atoms with Gasteiger partial charge in [-0.2, -0.15) is 0 Å². The summed E-state index contributed by atoms with van der Waals surface area (Å²) in [5, 5.41) is 0. The Hall–Kier alpha value is -2.36. The molecule has 0 spiro atoms. The molecule has 23 heavy (non-hydrogen) atoms. The molecule has 0 fully saturated rings. The third kappa shape index (κ3) is 2.69. The van der Waals surface area contributed by atoms with Crippen LogP contribution >= 0.6 is 0 Å². The van der Waals surface area contributed by atoms with Crippen molar-refractivity contribution in [3.8, 4) is 5.75 Å². The van der Waals surface area contributed by atoms with E-state index in [1.54, 1.807) is 31.1 Å². The molecule has 0 aliphatic carbocycles. The number of hydrogen-bond donors (Lipinski definition) is 0. The minimum Gasteiger partial charge on any atom is -0.495 e. The third-order valence-corrected chi connectivity index (χ3v) is 4.44. The molecular formula is C19H20FNO2. The molecule has 1 amide bonds. The van der Waals surface area contributed by atoms with Crippen LogP contribution in [0.5, 0.6) is 5.75 Å². The van der Waals surface area contributed by atoms with Crippen molar-refractivity contribution < 1.29 is 13.9 Å². The highest BCUT2D eigenvalue weighted by Crippen LogP contribution is 2.38. The summed E-state index contributed by atoms with van der Waals surface area (Å²) in [5.74, 6) is 0.143. The fourth-order valence-corrected chi connectivity index (χ4v) is 3.10. The number of methoxy groups -OCH3 is 1. The van der Waals surface area contributed by atoms with Crippen molar-refractivity contribution in [2.24, 2.45) is 0 Å². The summed E-state index contributed by atoms with van der Waals surface area (Å²) in [6.45, 7) is 4.34. The minimum atomic E-state index is -0.357. The van der Waals surface area contributed by atoms with Crippen LogP contribution in [-0.2, 0) is 6.42 Å². The van der Waals surface area contributed by atoms with Crippen molar-refractivity contribution in [3.05, 3.63) is 58.4 Å². The number of halogens is 1. The summed E-state index contributed by atoms with van der Waals surface area (Å²) in [7, 11) is 1.60. The Labute approximate surface area is 135 Å². The number of hydrogen-bond acceptors (Lipinski definition) is 2. The molecule has 0 unspecified atom stereocenters. The summed E-state index contributed by atoms with van der Waals surface area (Å²) in [4.78, 5) is 14.6. The number of aryl methyl sites for hydroxylation is 2. The quantitative estimate of drug-likeness (QED) is 0.837. The molecule has 1 heterocycles. The number of nitrogens with zero attached hydrogens (tertiary/aromatic N) is 1. The molecule has 2 aromatic carbocycles. The van der Waals surface area contributed by atoms with Crippen LogP contribution in [0.25, 0.3) is 0 Å². The Balaban J connectivity index is 2.07. The molecule has 3 nitrogen and oxygen atoms in total. The lowest BCUT2D eigenvalue weighted by atomic mass is 9.95. The predicted molar refractivity (Wildman–Crippen MR) is 88.9 cm³/mol. The standard InChI is InChI=1S/C19H20FNO2/c1-12-7-9-17(23-3)18-15(12)5-4-10-21(18)19(22)14-8-6-13(2)16(20)11-14/h6-9,11H,4-5,10H2,1-3H3. The van der Waals surface area contributed by atoms with Gasteiger partial charge in [-0.05, 0) is 61.6 Å². The topological polar surface area (TPSA) is 29.5 Å². The maximum atomic E-state index is 13.8. The molecule has 1 aliphatic heterocycles. The van der Waals surface area contributed by atoms with Gasteiger partial charge in [-0.1, -0.05) is 12.1 Å². The summed E-state index contributed by atoms with van der Waals surface area (Å²) in [6, 6.07) is 8.53. The highest BCUT2D eigenvalue weighted by Gasteiger charge is 2.28. The molecule has 1 aliphatic rings. The second kappa shape index (κ2) is 6.03. The maximum absolute atomic E-state index is 13.8. The minimum absolute atomic E-state index is 0.186. The number of benzene rings is 2. The number of carbonyl (C=O) groups is 1. The number of carbonyl (C=O) groups excluding carboxylic acids is 1. The Morgan fingerprint density at radius 3 is 2.61 bits per heavy atom. The Kier molecular flexibility index (Phi) is 4.07. The molecule has 3 rings (SSSR count). The van der Waals surface area contributed by atoms with Crippen molar-refractivity contribution in [1.29, 1.82) is 0 Å². The number of ether oxygens (including phenoxy) is 1. The molecule has 0 N–H and O–H groups in total. The zero-order valence-corrected chi connectivity index (χ0v) is 13.6. The number of rotatable bonds is 2. The van der Waals surface area contributed by atoms with Crippen molar-refractivity contribution >= 4 is 11.6 Å². The van der Waals surface area contributed by atoms with Gasteiger partial charge in [0.2, 0.25) is 0 Å². The van der Waals surface area contributed by atoms with Gasteiger partial charge in [-0.15, -0.1) is 0 Å². The Morgan fingerprint density at radius 1 is 1.17 bits per heavy atom. The molecule has 2 aromatic rings. The van der Waals surface area contributed by atoms with Crippen LogP contribution in [-0.4, -0.2) is 19.6 Å². The summed E-state index contributed by atoms with van der Waals surface area (Å²) >= 11 is 0. The normalized spacial score (nSPS) is 13.7. The number of anilines is 1. The SMILES string of the molecule is COc1ccc(C)c2c1N(C(=O)c1ccc(C)c(F)c1)CCC2. The zero-order valence-electron chi connectivity index (χ0n) is 13.6. The number of amides is 1. The van der Waals surface area contributed by atoms with Gasteiger partial charge in [0.25, 0.3) is 5.91 Å². The van der Waals surface area contributed by atoms with E-state index in [1.165, 1.54) is 6.07 Å². The van der Waals surface area contributed by atoms with E-state index in [0.29, 0.717) is 23.4 Å².